The number of aryl methyl sites for hydroxylation is 1. The second-order valence-electron chi connectivity index (χ2n) is 5.11. The first-order chi connectivity index (χ1) is 9.65. The molecule has 0 radical (unpaired) electrons. The summed E-state index contributed by atoms with van der Waals surface area (Å²) in [7, 11) is 1.67. The molecule has 104 valence electrons. The lowest BCUT2D eigenvalue weighted by Crippen LogP contribution is -2.33. The van der Waals surface area contributed by atoms with E-state index in [0.29, 0.717) is 18.2 Å². The quantitative estimate of drug-likeness (QED) is 0.866. The van der Waals surface area contributed by atoms with E-state index in [0.717, 1.165) is 12.8 Å². The Morgan fingerprint density at radius 1 is 1.40 bits per heavy atom. The van der Waals surface area contributed by atoms with Gasteiger partial charge >= 0.3 is 0 Å². The summed E-state index contributed by atoms with van der Waals surface area (Å²) in [5.74, 6) is 0.0106. The third kappa shape index (κ3) is 2.67. The minimum Gasteiger partial charge on any atom is -0.330 e. The molecule has 4 nitrogen and oxygen atoms in total. The van der Waals surface area contributed by atoms with Gasteiger partial charge in [-0.25, -0.2) is 0 Å². The fourth-order valence-electron chi connectivity index (χ4n) is 2.21. The van der Waals surface area contributed by atoms with Gasteiger partial charge in [-0.05, 0) is 30.4 Å². The third-order valence-corrected chi connectivity index (χ3v) is 4.35. The maximum absolute atomic E-state index is 12.6. The molecule has 0 aliphatic heterocycles. The van der Waals surface area contributed by atoms with Gasteiger partial charge in [-0.1, -0.05) is 6.07 Å². The van der Waals surface area contributed by atoms with Crippen molar-refractivity contribution in [1.82, 2.24) is 9.47 Å². The zero-order chi connectivity index (χ0) is 14.1. The van der Waals surface area contributed by atoms with Crippen LogP contribution in [0.4, 0.5) is 0 Å². The average molecular weight is 288 g/mol. The van der Waals surface area contributed by atoms with E-state index in [-0.39, 0.29) is 11.5 Å². The number of nitrogens with zero attached hydrogens (tertiary/aromatic N) is 2. The smallest absolute Gasteiger partial charge is 0.255 e. The predicted molar refractivity (Wildman–Crippen MR) is 78.9 cm³/mol. The van der Waals surface area contributed by atoms with E-state index >= 15 is 0 Å². The lowest BCUT2D eigenvalue weighted by Gasteiger charge is -2.22. The fourth-order valence-corrected chi connectivity index (χ4v) is 2.91. The molecule has 0 bridgehead atoms. The van der Waals surface area contributed by atoms with Crippen molar-refractivity contribution >= 4 is 17.2 Å². The number of aromatic nitrogens is 1. The molecule has 0 saturated heterocycles. The molecule has 2 aromatic rings. The van der Waals surface area contributed by atoms with Crippen LogP contribution in [0, 0.1) is 0 Å². The Labute approximate surface area is 121 Å². The molecule has 1 aliphatic rings. The second kappa shape index (κ2) is 5.25. The fraction of sp³-hybridized carbons (Fsp3) is 0.333. The van der Waals surface area contributed by atoms with Crippen LogP contribution >= 0.6 is 11.3 Å². The van der Waals surface area contributed by atoms with Crippen LogP contribution < -0.4 is 5.56 Å². The number of hydrogen-bond donors (Lipinski definition) is 0. The summed E-state index contributed by atoms with van der Waals surface area (Å²) in [6, 6.07) is 7.47. The van der Waals surface area contributed by atoms with E-state index in [1.807, 2.05) is 22.4 Å². The number of hydrogen-bond acceptors (Lipinski definition) is 3. The molecule has 0 aromatic carbocycles. The van der Waals surface area contributed by atoms with Crippen LogP contribution in [0.15, 0.2) is 40.6 Å². The molecule has 20 heavy (non-hydrogen) atoms. The summed E-state index contributed by atoms with van der Waals surface area (Å²) in [5.41, 5.74) is 0.480. The van der Waals surface area contributed by atoms with Gasteiger partial charge in [0, 0.05) is 30.2 Å². The Hall–Kier alpha value is -1.88. The third-order valence-electron chi connectivity index (χ3n) is 3.49. The summed E-state index contributed by atoms with van der Waals surface area (Å²) in [6.07, 6.45) is 3.76. The molecule has 0 N–H and O–H groups in total. The summed E-state index contributed by atoms with van der Waals surface area (Å²) >= 11 is 1.67. The molecular formula is C15H16N2O2S. The van der Waals surface area contributed by atoms with E-state index in [1.165, 1.54) is 15.5 Å². The monoisotopic (exact) mass is 288 g/mol. The van der Waals surface area contributed by atoms with Crippen LogP contribution in [0.3, 0.4) is 0 Å². The molecule has 1 amide bonds. The number of pyridine rings is 1. The molecule has 3 rings (SSSR count). The van der Waals surface area contributed by atoms with Gasteiger partial charge in [0.25, 0.3) is 5.91 Å². The normalized spacial score (nSPS) is 14.2. The lowest BCUT2D eigenvalue weighted by molar-refractivity contribution is 0.0731. The van der Waals surface area contributed by atoms with Crippen LogP contribution in [-0.2, 0) is 13.6 Å². The van der Waals surface area contributed by atoms with E-state index in [9.17, 15) is 9.59 Å². The van der Waals surface area contributed by atoms with Crippen molar-refractivity contribution in [1.29, 1.82) is 0 Å². The molecule has 2 heterocycles. The minimum absolute atomic E-state index is 0.0106. The largest absolute Gasteiger partial charge is 0.330 e. The zero-order valence-electron chi connectivity index (χ0n) is 11.3. The van der Waals surface area contributed by atoms with Gasteiger partial charge in [0.1, 0.15) is 0 Å². The summed E-state index contributed by atoms with van der Waals surface area (Å²) in [4.78, 5) is 27.1. The van der Waals surface area contributed by atoms with Gasteiger partial charge < -0.3 is 9.47 Å². The van der Waals surface area contributed by atoms with Crippen molar-refractivity contribution < 1.29 is 4.79 Å². The first-order valence-corrected chi connectivity index (χ1v) is 7.53. The number of amides is 1. The van der Waals surface area contributed by atoms with Crippen LogP contribution in [-0.4, -0.2) is 21.4 Å². The van der Waals surface area contributed by atoms with Crippen LogP contribution in [0.5, 0.6) is 0 Å². The number of thiophene rings is 1. The second-order valence-corrected chi connectivity index (χ2v) is 6.14. The SMILES string of the molecule is Cn1cc(C(=O)N(Cc2cccs2)C2CC2)ccc1=O. The average Bonchev–Trinajstić information content (AvgIpc) is 3.15. The highest BCUT2D eigenvalue weighted by atomic mass is 32.1. The highest BCUT2D eigenvalue weighted by molar-refractivity contribution is 7.09. The molecule has 0 atom stereocenters. The minimum atomic E-state index is -0.0993. The number of rotatable bonds is 4. The van der Waals surface area contributed by atoms with Gasteiger partial charge in [-0.2, -0.15) is 0 Å². The maximum atomic E-state index is 12.6. The molecule has 0 spiro atoms. The Morgan fingerprint density at radius 2 is 2.20 bits per heavy atom. The molecule has 5 heteroatoms. The van der Waals surface area contributed by atoms with Crippen molar-refractivity contribution in [3.8, 4) is 0 Å². The topological polar surface area (TPSA) is 42.3 Å². The van der Waals surface area contributed by atoms with Crippen molar-refractivity contribution in [2.45, 2.75) is 25.4 Å². The summed E-state index contributed by atoms with van der Waals surface area (Å²) < 4.78 is 1.45. The first-order valence-electron chi connectivity index (χ1n) is 6.65. The van der Waals surface area contributed by atoms with Gasteiger partial charge in [0.05, 0.1) is 12.1 Å². The lowest BCUT2D eigenvalue weighted by atomic mass is 10.2. The van der Waals surface area contributed by atoms with Crippen LogP contribution in [0.2, 0.25) is 0 Å². The standard InChI is InChI=1S/C15H16N2O2S/c1-16-9-11(4-7-14(16)18)15(19)17(12-5-6-12)10-13-3-2-8-20-13/h2-4,7-9,12H,5-6,10H2,1H3. The van der Waals surface area contributed by atoms with E-state index in [1.54, 1.807) is 30.6 Å². The van der Waals surface area contributed by atoms with Crippen LogP contribution in [0.1, 0.15) is 28.1 Å². The van der Waals surface area contributed by atoms with Crippen molar-refractivity contribution in [2.75, 3.05) is 0 Å². The van der Waals surface area contributed by atoms with E-state index in [2.05, 4.69) is 0 Å². The first kappa shape index (κ1) is 13.1. The highest BCUT2D eigenvalue weighted by Gasteiger charge is 2.33. The molecule has 2 aromatic heterocycles. The molecule has 1 fully saturated rings. The Bertz CT molecular complexity index is 671. The Balaban J connectivity index is 1.85. The van der Waals surface area contributed by atoms with Crippen molar-refractivity contribution in [3.05, 3.63) is 56.6 Å². The number of carbonyl (C=O) groups is 1. The van der Waals surface area contributed by atoms with E-state index in [4.69, 9.17) is 0 Å². The summed E-state index contributed by atoms with van der Waals surface area (Å²) in [6.45, 7) is 0.657. The molecule has 0 unspecified atom stereocenters. The van der Waals surface area contributed by atoms with Crippen LogP contribution in [0.25, 0.3) is 0 Å². The highest BCUT2D eigenvalue weighted by Crippen LogP contribution is 2.30. The molecule has 1 saturated carbocycles. The number of carbonyl (C=O) groups excluding carboxylic acids is 1. The molecule has 1 aliphatic carbocycles. The van der Waals surface area contributed by atoms with Crippen molar-refractivity contribution in [2.24, 2.45) is 7.05 Å². The maximum Gasteiger partial charge on any atom is 0.255 e. The van der Waals surface area contributed by atoms with Crippen molar-refractivity contribution in [3.63, 3.8) is 0 Å². The zero-order valence-corrected chi connectivity index (χ0v) is 12.1. The summed E-state index contributed by atoms with van der Waals surface area (Å²) in [5, 5.41) is 2.02. The predicted octanol–water partition coefficient (Wildman–Crippen LogP) is 2.25. The Kier molecular flexibility index (Phi) is 3.44. The van der Waals surface area contributed by atoms with Gasteiger partial charge in [0.15, 0.2) is 0 Å². The van der Waals surface area contributed by atoms with Gasteiger partial charge in [0.2, 0.25) is 5.56 Å². The van der Waals surface area contributed by atoms with Gasteiger partial charge in [-0.3, -0.25) is 9.59 Å². The van der Waals surface area contributed by atoms with E-state index < -0.39 is 0 Å². The van der Waals surface area contributed by atoms with Gasteiger partial charge in [-0.15, -0.1) is 11.3 Å². The molecular weight excluding hydrogens is 272 g/mol. The Morgan fingerprint density at radius 3 is 2.80 bits per heavy atom.